The molecule has 0 saturated heterocycles. The fourth-order valence-electron chi connectivity index (χ4n) is 1.56. The maximum Gasteiger partial charge on any atom is 0.250 e. The third-order valence-corrected chi connectivity index (χ3v) is 3.33. The monoisotopic (exact) mass is 252 g/mol. The Labute approximate surface area is 108 Å². The first-order chi connectivity index (χ1) is 7.75. The highest BCUT2D eigenvalue weighted by Crippen LogP contribution is 2.46. The first-order valence-electron chi connectivity index (χ1n) is 7.13. The molecule has 0 aromatic rings. The molecule has 108 valence electrons. The van der Waals surface area contributed by atoms with Gasteiger partial charge in [-0.05, 0) is 19.3 Å². The molecule has 0 nitrogen and oxygen atoms in total. The van der Waals surface area contributed by atoms with Gasteiger partial charge in [0.25, 0.3) is 5.92 Å². The molecule has 0 bridgehead atoms. The van der Waals surface area contributed by atoms with E-state index in [4.69, 9.17) is 0 Å². The van der Waals surface area contributed by atoms with Crippen molar-refractivity contribution in [2.24, 2.45) is 11.3 Å². The van der Waals surface area contributed by atoms with Crippen LogP contribution in [0.15, 0.2) is 0 Å². The minimum Gasteiger partial charge on any atom is -0.207 e. The van der Waals surface area contributed by atoms with E-state index in [2.05, 4.69) is 0 Å². The first kappa shape index (κ1) is 22.1. The van der Waals surface area contributed by atoms with Gasteiger partial charge in [-0.25, -0.2) is 8.78 Å². The molecule has 0 aliphatic carbocycles. The van der Waals surface area contributed by atoms with E-state index in [1.54, 1.807) is 6.92 Å². The summed E-state index contributed by atoms with van der Waals surface area (Å²) < 4.78 is 26.7. The van der Waals surface area contributed by atoms with Gasteiger partial charge in [0, 0.05) is 5.41 Å². The Balaban J connectivity index is -0.000000439. The van der Waals surface area contributed by atoms with Crippen molar-refractivity contribution in [1.29, 1.82) is 0 Å². The Bertz CT molecular complexity index is 147. The minimum atomic E-state index is -2.57. The summed E-state index contributed by atoms with van der Waals surface area (Å²) in [5.74, 6) is -2.55. The second-order valence-corrected chi connectivity index (χ2v) is 4.56. The van der Waals surface area contributed by atoms with Crippen LogP contribution in [0.1, 0.15) is 81.6 Å². The lowest BCUT2D eigenvalue weighted by Gasteiger charge is -2.39. The standard InChI is InChI=1S/C11H22F2.2C2H6/c1-6-7-8-10(4,9(2)3)11(5,12)13;2*1-2/h9H,6-8H2,1-5H3;2*1-2H3. The van der Waals surface area contributed by atoms with Crippen LogP contribution in [0.2, 0.25) is 0 Å². The van der Waals surface area contributed by atoms with Crippen molar-refractivity contribution in [3.8, 4) is 0 Å². The van der Waals surface area contributed by atoms with Gasteiger partial charge in [-0.15, -0.1) is 0 Å². The van der Waals surface area contributed by atoms with Gasteiger partial charge in [0.05, 0.1) is 0 Å². The maximum absolute atomic E-state index is 13.3. The van der Waals surface area contributed by atoms with Crippen molar-refractivity contribution in [1.82, 2.24) is 0 Å². The van der Waals surface area contributed by atoms with Gasteiger partial charge >= 0.3 is 0 Å². The summed E-state index contributed by atoms with van der Waals surface area (Å²) >= 11 is 0. The smallest absolute Gasteiger partial charge is 0.207 e. The largest absolute Gasteiger partial charge is 0.250 e. The van der Waals surface area contributed by atoms with Crippen LogP contribution in [-0.4, -0.2) is 5.92 Å². The zero-order chi connectivity index (χ0) is 14.7. The molecule has 17 heavy (non-hydrogen) atoms. The number of rotatable bonds is 5. The zero-order valence-electron chi connectivity index (χ0n) is 13.5. The number of unbranched alkanes of at least 4 members (excludes halogenated alkanes) is 1. The van der Waals surface area contributed by atoms with E-state index in [-0.39, 0.29) is 5.92 Å². The molecule has 0 aromatic carbocycles. The molecule has 0 aliphatic heterocycles. The summed E-state index contributed by atoms with van der Waals surface area (Å²) in [6.45, 7) is 16.5. The van der Waals surface area contributed by atoms with Crippen LogP contribution in [-0.2, 0) is 0 Å². The zero-order valence-corrected chi connectivity index (χ0v) is 13.5. The van der Waals surface area contributed by atoms with Crippen LogP contribution < -0.4 is 0 Å². The van der Waals surface area contributed by atoms with Crippen molar-refractivity contribution in [3.05, 3.63) is 0 Å². The average molecular weight is 252 g/mol. The van der Waals surface area contributed by atoms with Crippen LogP contribution in [0.3, 0.4) is 0 Å². The molecule has 0 radical (unpaired) electrons. The van der Waals surface area contributed by atoms with Gasteiger partial charge in [0.2, 0.25) is 0 Å². The normalized spacial score (nSPS) is 14.1. The van der Waals surface area contributed by atoms with Gasteiger partial charge in [-0.2, -0.15) is 0 Å². The molecule has 0 N–H and O–H groups in total. The van der Waals surface area contributed by atoms with E-state index in [1.165, 1.54) is 0 Å². The number of hydrogen-bond acceptors (Lipinski definition) is 0. The van der Waals surface area contributed by atoms with Crippen LogP contribution in [0, 0.1) is 11.3 Å². The number of alkyl halides is 2. The summed E-state index contributed by atoms with van der Waals surface area (Å²) in [6.07, 6.45) is 2.49. The van der Waals surface area contributed by atoms with Crippen molar-refractivity contribution < 1.29 is 8.78 Å². The third-order valence-electron chi connectivity index (χ3n) is 3.33. The summed E-state index contributed by atoms with van der Waals surface area (Å²) in [7, 11) is 0. The highest BCUT2D eigenvalue weighted by molar-refractivity contribution is 4.88. The molecule has 0 aliphatic rings. The van der Waals surface area contributed by atoms with Crippen LogP contribution >= 0.6 is 0 Å². The Morgan fingerprint density at radius 3 is 1.47 bits per heavy atom. The second kappa shape index (κ2) is 11.0. The van der Waals surface area contributed by atoms with Crippen LogP contribution in [0.5, 0.6) is 0 Å². The summed E-state index contributed by atoms with van der Waals surface area (Å²) in [5, 5.41) is 0. The Morgan fingerprint density at radius 1 is 0.941 bits per heavy atom. The molecule has 0 rings (SSSR count). The minimum absolute atomic E-state index is 0.0269. The second-order valence-electron chi connectivity index (χ2n) is 4.56. The summed E-state index contributed by atoms with van der Waals surface area (Å²) in [6, 6.07) is 0. The van der Waals surface area contributed by atoms with Gasteiger partial charge < -0.3 is 0 Å². The van der Waals surface area contributed by atoms with E-state index < -0.39 is 11.3 Å². The molecule has 0 aromatic heterocycles. The molecule has 1 atom stereocenters. The summed E-state index contributed by atoms with van der Waals surface area (Å²) in [5.41, 5.74) is -0.844. The van der Waals surface area contributed by atoms with Gasteiger partial charge in [0.15, 0.2) is 0 Å². The molecule has 2 heteroatoms. The molecule has 0 fully saturated rings. The molecule has 0 spiro atoms. The fraction of sp³-hybridized carbons (Fsp3) is 1.00. The Hall–Kier alpha value is -0.140. The predicted molar refractivity (Wildman–Crippen MR) is 75.8 cm³/mol. The Morgan fingerprint density at radius 2 is 1.29 bits per heavy atom. The molecular formula is C15H34F2. The van der Waals surface area contributed by atoms with Crippen molar-refractivity contribution in [2.75, 3.05) is 0 Å². The fourth-order valence-corrected chi connectivity index (χ4v) is 1.56. The number of hydrogen-bond donors (Lipinski definition) is 0. The Kier molecular flexibility index (Phi) is 14.3. The van der Waals surface area contributed by atoms with Crippen LogP contribution in [0.4, 0.5) is 8.78 Å². The molecular weight excluding hydrogens is 218 g/mol. The van der Waals surface area contributed by atoms with Crippen molar-refractivity contribution in [2.45, 2.75) is 87.5 Å². The van der Waals surface area contributed by atoms with E-state index in [0.29, 0.717) is 6.42 Å². The van der Waals surface area contributed by atoms with Crippen LogP contribution in [0.25, 0.3) is 0 Å². The lowest BCUT2D eigenvalue weighted by atomic mass is 9.71. The topological polar surface area (TPSA) is 0 Å². The van der Waals surface area contributed by atoms with E-state index in [9.17, 15) is 8.78 Å². The molecule has 0 amide bonds. The maximum atomic E-state index is 13.3. The predicted octanol–water partition coefficient (Wildman–Crippen LogP) is 6.55. The SMILES string of the molecule is CC.CC.CCCCC(C)(C(C)C)C(C)(F)F. The number of halogens is 2. The molecule has 1 unspecified atom stereocenters. The van der Waals surface area contributed by atoms with Crippen molar-refractivity contribution >= 4 is 0 Å². The van der Waals surface area contributed by atoms with Gasteiger partial charge in [-0.3, -0.25) is 0 Å². The van der Waals surface area contributed by atoms with E-state index >= 15 is 0 Å². The quantitative estimate of drug-likeness (QED) is 0.520. The third kappa shape index (κ3) is 7.72. The lowest BCUT2D eigenvalue weighted by molar-refractivity contribution is -0.126. The van der Waals surface area contributed by atoms with E-state index in [0.717, 1.165) is 19.8 Å². The molecule has 0 saturated carbocycles. The highest BCUT2D eigenvalue weighted by atomic mass is 19.3. The highest BCUT2D eigenvalue weighted by Gasteiger charge is 2.47. The summed E-state index contributed by atoms with van der Waals surface area (Å²) in [4.78, 5) is 0. The average Bonchev–Trinajstić information content (AvgIpc) is 2.29. The van der Waals surface area contributed by atoms with E-state index in [1.807, 2.05) is 48.5 Å². The van der Waals surface area contributed by atoms with Crippen molar-refractivity contribution in [3.63, 3.8) is 0 Å². The van der Waals surface area contributed by atoms with Gasteiger partial charge in [-0.1, -0.05) is 68.2 Å². The lowest BCUT2D eigenvalue weighted by Crippen LogP contribution is -2.40. The molecule has 0 heterocycles. The van der Waals surface area contributed by atoms with Gasteiger partial charge in [0.1, 0.15) is 0 Å². The first-order valence-corrected chi connectivity index (χ1v) is 7.13.